The van der Waals surface area contributed by atoms with Crippen molar-refractivity contribution >= 4 is 5.91 Å². The molecular formula is C20H24N4O. The second-order valence-corrected chi connectivity index (χ2v) is 7.26. The highest BCUT2D eigenvalue weighted by molar-refractivity contribution is 5.79. The molecule has 0 N–H and O–H groups in total. The molecule has 4 rings (SSSR count). The first-order valence-electron chi connectivity index (χ1n) is 9.04. The predicted octanol–water partition coefficient (Wildman–Crippen LogP) is 2.44. The fourth-order valence-electron chi connectivity index (χ4n) is 4.07. The van der Waals surface area contributed by atoms with Crippen molar-refractivity contribution in [3.63, 3.8) is 0 Å². The lowest BCUT2D eigenvalue weighted by Crippen LogP contribution is -2.42. The summed E-state index contributed by atoms with van der Waals surface area (Å²) in [6.45, 7) is 6.33. The van der Waals surface area contributed by atoms with Gasteiger partial charge < -0.3 is 4.90 Å². The fraction of sp³-hybridized carbons (Fsp3) is 0.450. The largest absolute Gasteiger partial charge is 0.337 e. The Labute approximate surface area is 148 Å². The number of nitrogens with zero attached hydrogens (tertiary/aromatic N) is 4. The van der Waals surface area contributed by atoms with Crippen LogP contribution < -0.4 is 0 Å². The number of amides is 1. The maximum atomic E-state index is 13.0. The van der Waals surface area contributed by atoms with Gasteiger partial charge in [0.25, 0.3) is 0 Å². The standard InChI is InChI=1S/C20H24N4O/c1-15-10-24(13-18-9-21-14-22-19(15)18)20(25)17-7-8-23(12-17)11-16-5-3-2-4-6-16/h2-6,9,14-15,17H,7-8,10-13H2,1H3. The van der Waals surface area contributed by atoms with Gasteiger partial charge in [-0.1, -0.05) is 37.3 Å². The van der Waals surface area contributed by atoms with Gasteiger partial charge in [0.05, 0.1) is 11.6 Å². The Morgan fingerprint density at radius 2 is 2.08 bits per heavy atom. The number of hydrogen-bond acceptors (Lipinski definition) is 4. The summed E-state index contributed by atoms with van der Waals surface area (Å²) in [6, 6.07) is 10.5. The van der Waals surface area contributed by atoms with Crippen molar-refractivity contribution in [2.24, 2.45) is 5.92 Å². The highest BCUT2D eigenvalue weighted by Gasteiger charge is 2.34. The third kappa shape index (κ3) is 3.42. The molecule has 0 bridgehead atoms. The van der Waals surface area contributed by atoms with Crippen LogP contribution in [0.3, 0.4) is 0 Å². The van der Waals surface area contributed by atoms with E-state index in [2.05, 4.69) is 46.1 Å². The molecule has 2 aromatic rings. The van der Waals surface area contributed by atoms with Crippen LogP contribution in [0, 0.1) is 5.92 Å². The highest BCUT2D eigenvalue weighted by Crippen LogP contribution is 2.28. The lowest BCUT2D eigenvalue weighted by atomic mass is 9.96. The molecule has 0 aliphatic carbocycles. The minimum atomic E-state index is 0.113. The van der Waals surface area contributed by atoms with E-state index in [0.717, 1.165) is 43.9 Å². The van der Waals surface area contributed by atoms with Crippen LogP contribution in [0.25, 0.3) is 0 Å². The minimum Gasteiger partial charge on any atom is -0.337 e. The summed E-state index contributed by atoms with van der Waals surface area (Å²) in [5.41, 5.74) is 3.50. The molecule has 1 aromatic carbocycles. The van der Waals surface area contributed by atoms with Gasteiger partial charge in [-0.15, -0.1) is 0 Å². The molecule has 130 valence electrons. The van der Waals surface area contributed by atoms with E-state index in [-0.39, 0.29) is 17.7 Å². The number of hydrogen-bond donors (Lipinski definition) is 0. The first-order valence-corrected chi connectivity index (χ1v) is 9.04. The summed E-state index contributed by atoms with van der Waals surface area (Å²) in [4.78, 5) is 25.9. The molecule has 2 aliphatic heterocycles. The first-order chi connectivity index (χ1) is 12.2. The van der Waals surface area contributed by atoms with Crippen molar-refractivity contribution in [2.75, 3.05) is 19.6 Å². The van der Waals surface area contributed by atoms with Gasteiger partial charge in [-0.2, -0.15) is 0 Å². The molecule has 0 radical (unpaired) electrons. The number of aromatic nitrogens is 2. The molecule has 1 saturated heterocycles. The molecule has 1 aromatic heterocycles. The van der Waals surface area contributed by atoms with Gasteiger partial charge in [-0.05, 0) is 18.5 Å². The summed E-state index contributed by atoms with van der Waals surface area (Å²) in [7, 11) is 0. The summed E-state index contributed by atoms with van der Waals surface area (Å²) < 4.78 is 0. The number of fused-ring (bicyclic) bond motifs is 1. The lowest BCUT2D eigenvalue weighted by Gasteiger charge is -2.33. The smallest absolute Gasteiger partial charge is 0.227 e. The number of rotatable bonds is 3. The molecule has 2 unspecified atom stereocenters. The molecule has 0 spiro atoms. The van der Waals surface area contributed by atoms with Gasteiger partial charge in [0.1, 0.15) is 6.33 Å². The second kappa shape index (κ2) is 6.92. The number of benzene rings is 1. The zero-order valence-corrected chi connectivity index (χ0v) is 14.6. The lowest BCUT2D eigenvalue weighted by molar-refractivity contribution is -0.136. The molecule has 0 saturated carbocycles. The zero-order valence-electron chi connectivity index (χ0n) is 14.6. The Morgan fingerprint density at radius 3 is 2.92 bits per heavy atom. The molecule has 2 aliphatic rings. The van der Waals surface area contributed by atoms with E-state index >= 15 is 0 Å². The fourth-order valence-corrected chi connectivity index (χ4v) is 4.07. The van der Waals surface area contributed by atoms with Crippen LogP contribution in [0.15, 0.2) is 42.9 Å². The molecule has 2 atom stereocenters. The monoisotopic (exact) mass is 336 g/mol. The number of likely N-dealkylation sites (tertiary alicyclic amines) is 1. The topological polar surface area (TPSA) is 49.3 Å². The second-order valence-electron chi connectivity index (χ2n) is 7.26. The normalized spacial score (nSPS) is 23.5. The molecule has 25 heavy (non-hydrogen) atoms. The van der Waals surface area contributed by atoms with Gasteiger partial charge >= 0.3 is 0 Å². The molecule has 1 amide bonds. The van der Waals surface area contributed by atoms with Gasteiger partial charge in [-0.25, -0.2) is 9.97 Å². The maximum absolute atomic E-state index is 13.0. The van der Waals surface area contributed by atoms with Crippen LogP contribution in [0.5, 0.6) is 0 Å². The average Bonchev–Trinajstić information content (AvgIpc) is 3.10. The Hall–Kier alpha value is -2.27. The van der Waals surface area contributed by atoms with Gasteiger partial charge in [0, 0.05) is 43.9 Å². The van der Waals surface area contributed by atoms with E-state index in [9.17, 15) is 4.79 Å². The van der Waals surface area contributed by atoms with Crippen molar-refractivity contribution < 1.29 is 4.79 Å². The van der Waals surface area contributed by atoms with E-state index in [0.29, 0.717) is 6.54 Å². The molecule has 5 nitrogen and oxygen atoms in total. The van der Waals surface area contributed by atoms with E-state index in [1.54, 1.807) is 6.33 Å². The Bertz CT molecular complexity index is 748. The number of carbonyl (C=O) groups excluding carboxylic acids is 1. The van der Waals surface area contributed by atoms with Gasteiger partial charge in [0.15, 0.2) is 0 Å². The van der Waals surface area contributed by atoms with Crippen molar-refractivity contribution in [2.45, 2.75) is 32.4 Å². The van der Waals surface area contributed by atoms with Crippen molar-refractivity contribution in [3.8, 4) is 0 Å². The zero-order chi connectivity index (χ0) is 17.2. The summed E-state index contributed by atoms with van der Waals surface area (Å²) in [5, 5.41) is 0. The summed E-state index contributed by atoms with van der Waals surface area (Å²) in [6.07, 6.45) is 4.41. The van der Waals surface area contributed by atoms with Gasteiger partial charge in [0.2, 0.25) is 5.91 Å². The quantitative estimate of drug-likeness (QED) is 0.864. The molecule has 1 fully saturated rings. The van der Waals surface area contributed by atoms with Crippen LogP contribution in [0.2, 0.25) is 0 Å². The first kappa shape index (κ1) is 16.2. The van der Waals surface area contributed by atoms with Crippen molar-refractivity contribution in [1.29, 1.82) is 0 Å². The van der Waals surface area contributed by atoms with Crippen LogP contribution in [0.4, 0.5) is 0 Å². The van der Waals surface area contributed by atoms with E-state index < -0.39 is 0 Å². The minimum absolute atomic E-state index is 0.113. The van der Waals surface area contributed by atoms with Crippen molar-refractivity contribution in [1.82, 2.24) is 19.8 Å². The number of carbonyl (C=O) groups is 1. The van der Waals surface area contributed by atoms with Crippen LogP contribution >= 0.6 is 0 Å². The molecule has 5 heteroatoms. The Balaban J connectivity index is 1.39. The summed E-state index contributed by atoms with van der Waals surface area (Å²) in [5.74, 6) is 0.677. The van der Waals surface area contributed by atoms with Crippen LogP contribution in [0.1, 0.15) is 36.1 Å². The van der Waals surface area contributed by atoms with Gasteiger partial charge in [-0.3, -0.25) is 9.69 Å². The average molecular weight is 336 g/mol. The molecule has 3 heterocycles. The Kier molecular flexibility index (Phi) is 4.49. The Morgan fingerprint density at radius 1 is 1.24 bits per heavy atom. The van der Waals surface area contributed by atoms with Crippen molar-refractivity contribution in [3.05, 3.63) is 59.7 Å². The maximum Gasteiger partial charge on any atom is 0.227 e. The SMILES string of the molecule is CC1CN(C(=O)C2CCN(Cc3ccccc3)C2)Cc2cncnc21. The summed E-state index contributed by atoms with van der Waals surface area (Å²) >= 11 is 0. The predicted molar refractivity (Wildman–Crippen MR) is 95.7 cm³/mol. The van der Waals surface area contributed by atoms with Crippen LogP contribution in [-0.2, 0) is 17.9 Å². The third-order valence-electron chi connectivity index (χ3n) is 5.33. The van der Waals surface area contributed by atoms with Crippen LogP contribution in [-0.4, -0.2) is 45.3 Å². The molecular weight excluding hydrogens is 312 g/mol. The van der Waals surface area contributed by atoms with E-state index in [1.807, 2.05) is 17.2 Å². The van der Waals surface area contributed by atoms with E-state index in [4.69, 9.17) is 0 Å². The van der Waals surface area contributed by atoms with E-state index in [1.165, 1.54) is 5.56 Å². The highest BCUT2D eigenvalue weighted by atomic mass is 16.2. The third-order valence-corrected chi connectivity index (χ3v) is 5.33.